The van der Waals surface area contributed by atoms with Gasteiger partial charge in [-0.15, -0.1) is 0 Å². The van der Waals surface area contributed by atoms with Gasteiger partial charge in [-0.25, -0.2) is 0 Å². The Morgan fingerprint density at radius 3 is 2.75 bits per heavy atom. The van der Waals surface area contributed by atoms with Crippen LogP contribution in [0.2, 0.25) is 0 Å². The average molecular weight is 112 g/mol. The molecule has 0 aliphatic rings. The molecule has 46 valence electrons. The largest absolute Gasteiger partial charge is 0.321 e. The van der Waals surface area contributed by atoms with Gasteiger partial charge in [-0.1, -0.05) is 13.3 Å². The summed E-state index contributed by atoms with van der Waals surface area (Å²) in [7, 11) is 0. The van der Waals surface area contributed by atoms with E-state index >= 15 is 0 Å². The normalized spacial score (nSPS) is 12.1. The first-order chi connectivity index (χ1) is 3.81. The summed E-state index contributed by atoms with van der Waals surface area (Å²) < 4.78 is 0. The maximum atomic E-state index is 8.10. The van der Waals surface area contributed by atoms with E-state index < -0.39 is 0 Å². The van der Waals surface area contributed by atoms with Crippen molar-refractivity contribution in [2.75, 3.05) is 0 Å². The monoisotopic (exact) mass is 112 g/mol. The molecule has 0 rings (SSSR count). The lowest BCUT2D eigenvalue weighted by atomic mass is 10.2. The zero-order chi connectivity index (χ0) is 6.41. The van der Waals surface area contributed by atoms with Crippen LogP contribution in [0.3, 0.4) is 0 Å². The molecule has 1 unspecified atom stereocenters. The van der Waals surface area contributed by atoms with Gasteiger partial charge in [-0.05, 0) is 13.3 Å². The second kappa shape index (κ2) is 4.45. The molecule has 1 atom stereocenters. The van der Waals surface area contributed by atoms with Crippen molar-refractivity contribution in [2.24, 2.45) is 0 Å². The van der Waals surface area contributed by atoms with Crippen molar-refractivity contribution in [2.45, 2.75) is 32.7 Å². The van der Waals surface area contributed by atoms with Crippen LogP contribution in [0.1, 0.15) is 26.7 Å². The first-order valence-corrected chi connectivity index (χ1v) is 2.95. The number of hydrogen-bond acceptors (Lipinski definition) is 2. The summed E-state index contributed by atoms with van der Waals surface area (Å²) >= 11 is 0. The molecule has 2 nitrogen and oxygen atoms in total. The van der Waals surface area contributed by atoms with Crippen LogP contribution in [0.25, 0.3) is 0 Å². The van der Waals surface area contributed by atoms with E-state index in [9.17, 15) is 0 Å². The summed E-state index contributed by atoms with van der Waals surface area (Å²) in [5.74, 6) is 0. The first kappa shape index (κ1) is 7.29. The maximum Gasteiger partial charge on any atom is 0.176 e. The highest BCUT2D eigenvalue weighted by Gasteiger charge is 1.93. The van der Waals surface area contributed by atoms with Gasteiger partial charge in [0.05, 0.1) is 0 Å². The Bertz CT molecular complexity index is 83.0. The lowest BCUT2D eigenvalue weighted by molar-refractivity contribution is 0.585. The molecule has 1 N–H and O–H groups in total. The zero-order valence-electron chi connectivity index (χ0n) is 5.44. The Morgan fingerprint density at radius 1 is 1.75 bits per heavy atom. The standard InChI is InChI=1S/C6H12N2/c1-3-4-6(2)8-5-7/h6,8H,3-4H2,1-2H3. The molecule has 0 aliphatic carbocycles. The van der Waals surface area contributed by atoms with Crippen LogP contribution in [-0.2, 0) is 0 Å². The average Bonchev–Trinajstić information content (AvgIpc) is 1.68. The second-order valence-electron chi connectivity index (χ2n) is 1.95. The molecule has 0 radical (unpaired) electrons. The highest BCUT2D eigenvalue weighted by molar-refractivity contribution is 4.71. The molecule has 2 heteroatoms. The molecule has 0 aromatic rings. The van der Waals surface area contributed by atoms with E-state index in [-0.39, 0.29) is 0 Å². The Labute approximate surface area is 50.5 Å². The molecular weight excluding hydrogens is 100 g/mol. The molecule has 0 aliphatic heterocycles. The molecule has 0 bridgehead atoms. The van der Waals surface area contributed by atoms with Gasteiger partial charge in [0.2, 0.25) is 0 Å². The molecule has 0 fully saturated rings. The molecule has 0 heterocycles. The summed E-state index contributed by atoms with van der Waals surface area (Å²) in [6.07, 6.45) is 4.11. The van der Waals surface area contributed by atoms with Gasteiger partial charge in [0.25, 0.3) is 0 Å². The van der Waals surface area contributed by atoms with Crippen molar-refractivity contribution in [3.05, 3.63) is 0 Å². The third kappa shape index (κ3) is 3.48. The lowest BCUT2D eigenvalue weighted by Gasteiger charge is -2.04. The minimum Gasteiger partial charge on any atom is -0.321 e. The predicted octanol–water partition coefficient (Wildman–Crippen LogP) is 1.25. The fourth-order valence-electron chi connectivity index (χ4n) is 0.615. The lowest BCUT2D eigenvalue weighted by Crippen LogP contribution is -2.19. The molecular formula is C6H12N2. The van der Waals surface area contributed by atoms with Gasteiger partial charge < -0.3 is 5.32 Å². The van der Waals surface area contributed by atoms with Crippen molar-refractivity contribution in [1.29, 1.82) is 5.26 Å². The topological polar surface area (TPSA) is 35.8 Å². The zero-order valence-corrected chi connectivity index (χ0v) is 5.44. The minimum absolute atomic E-state index is 0.352. The molecule has 0 amide bonds. The third-order valence-corrected chi connectivity index (χ3v) is 1.03. The van der Waals surface area contributed by atoms with Crippen molar-refractivity contribution in [3.63, 3.8) is 0 Å². The van der Waals surface area contributed by atoms with Crippen molar-refractivity contribution in [3.8, 4) is 6.19 Å². The van der Waals surface area contributed by atoms with Gasteiger partial charge in [0.15, 0.2) is 6.19 Å². The van der Waals surface area contributed by atoms with Crippen LogP contribution in [-0.4, -0.2) is 6.04 Å². The van der Waals surface area contributed by atoms with E-state index in [1.54, 1.807) is 0 Å². The molecule has 0 saturated carbocycles. The van der Waals surface area contributed by atoms with Crippen LogP contribution in [0.4, 0.5) is 0 Å². The predicted molar refractivity (Wildman–Crippen MR) is 33.1 cm³/mol. The molecule has 8 heavy (non-hydrogen) atoms. The minimum atomic E-state index is 0.352. The van der Waals surface area contributed by atoms with E-state index in [0.29, 0.717) is 6.04 Å². The smallest absolute Gasteiger partial charge is 0.176 e. The molecule has 0 saturated heterocycles. The summed E-state index contributed by atoms with van der Waals surface area (Å²) in [4.78, 5) is 0. The number of hydrogen-bond donors (Lipinski definition) is 1. The van der Waals surface area contributed by atoms with Gasteiger partial charge >= 0.3 is 0 Å². The van der Waals surface area contributed by atoms with Crippen molar-refractivity contribution < 1.29 is 0 Å². The van der Waals surface area contributed by atoms with Crippen LogP contribution < -0.4 is 5.32 Å². The van der Waals surface area contributed by atoms with E-state index in [2.05, 4.69) is 12.2 Å². The summed E-state index contributed by atoms with van der Waals surface area (Å²) in [6.45, 7) is 4.11. The van der Waals surface area contributed by atoms with Gasteiger partial charge in [-0.2, -0.15) is 5.26 Å². The number of rotatable bonds is 3. The Balaban J connectivity index is 3.08. The van der Waals surface area contributed by atoms with Gasteiger partial charge in [0, 0.05) is 6.04 Å². The molecule has 0 aromatic carbocycles. The van der Waals surface area contributed by atoms with Gasteiger partial charge in [0.1, 0.15) is 0 Å². The highest BCUT2D eigenvalue weighted by Crippen LogP contribution is 1.92. The van der Waals surface area contributed by atoms with E-state index in [0.717, 1.165) is 12.8 Å². The summed E-state index contributed by atoms with van der Waals surface area (Å²) in [6, 6.07) is 0.352. The summed E-state index contributed by atoms with van der Waals surface area (Å²) in [5, 5.41) is 10.8. The van der Waals surface area contributed by atoms with E-state index in [1.807, 2.05) is 13.1 Å². The highest BCUT2D eigenvalue weighted by atomic mass is 14.9. The maximum absolute atomic E-state index is 8.10. The number of nitrogens with zero attached hydrogens (tertiary/aromatic N) is 1. The summed E-state index contributed by atoms with van der Waals surface area (Å²) in [5.41, 5.74) is 0. The molecule has 0 aromatic heterocycles. The number of nitriles is 1. The SMILES string of the molecule is CCCC(C)NC#N. The fourth-order valence-corrected chi connectivity index (χ4v) is 0.615. The van der Waals surface area contributed by atoms with Crippen LogP contribution in [0.5, 0.6) is 0 Å². The quantitative estimate of drug-likeness (QED) is 0.440. The van der Waals surface area contributed by atoms with E-state index in [1.165, 1.54) is 0 Å². The van der Waals surface area contributed by atoms with Crippen LogP contribution in [0.15, 0.2) is 0 Å². The van der Waals surface area contributed by atoms with Crippen molar-refractivity contribution in [1.82, 2.24) is 5.32 Å². The second-order valence-corrected chi connectivity index (χ2v) is 1.95. The Morgan fingerprint density at radius 2 is 2.38 bits per heavy atom. The number of nitrogens with one attached hydrogen (secondary N) is 1. The third-order valence-electron chi connectivity index (χ3n) is 1.03. The van der Waals surface area contributed by atoms with Crippen LogP contribution in [0, 0.1) is 11.5 Å². The first-order valence-electron chi connectivity index (χ1n) is 2.95. The molecule has 0 spiro atoms. The Hall–Kier alpha value is -0.710. The fraction of sp³-hybridized carbons (Fsp3) is 0.833. The Kier molecular flexibility index (Phi) is 4.05. The van der Waals surface area contributed by atoms with Crippen molar-refractivity contribution >= 4 is 0 Å². The van der Waals surface area contributed by atoms with E-state index in [4.69, 9.17) is 5.26 Å². The van der Waals surface area contributed by atoms with Crippen LogP contribution >= 0.6 is 0 Å². The van der Waals surface area contributed by atoms with Gasteiger partial charge in [-0.3, -0.25) is 0 Å².